The Morgan fingerprint density at radius 1 is 0.923 bits per heavy atom. The molecular formula is C32H33N3O4. The third-order valence-electron chi connectivity index (χ3n) is 7.94. The highest BCUT2D eigenvalue weighted by atomic mass is 16.5. The molecule has 0 unspecified atom stereocenters. The molecule has 2 amide bonds. The lowest BCUT2D eigenvalue weighted by Crippen LogP contribution is -2.36. The largest absolute Gasteiger partial charge is 0.495 e. The third kappa shape index (κ3) is 5.03. The van der Waals surface area contributed by atoms with Gasteiger partial charge < -0.3 is 30.1 Å². The molecule has 6 rings (SSSR count). The van der Waals surface area contributed by atoms with Crippen molar-refractivity contribution in [1.29, 1.82) is 0 Å². The molecule has 200 valence electrons. The zero-order valence-electron chi connectivity index (χ0n) is 22.1. The lowest BCUT2D eigenvalue weighted by atomic mass is 9.96. The van der Waals surface area contributed by atoms with Crippen molar-refractivity contribution in [1.82, 2.24) is 0 Å². The molecule has 0 radical (unpaired) electrons. The first-order valence-electron chi connectivity index (χ1n) is 13.4. The average molecular weight is 524 g/mol. The number of benzene rings is 4. The maximum Gasteiger partial charge on any atom is 0.323 e. The van der Waals surface area contributed by atoms with E-state index in [9.17, 15) is 9.90 Å². The fraction of sp³-hybridized carbons (Fsp3) is 0.281. The van der Waals surface area contributed by atoms with Crippen LogP contribution in [0.4, 0.5) is 21.9 Å². The van der Waals surface area contributed by atoms with Gasteiger partial charge in [-0.1, -0.05) is 48.5 Å². The van der Waals surface area contributed by atoms with E-state index in [4.69, 9.17) is 9.47 Å². The number of rotatable bonds is 7. The summed E-state index contributed by atoms with van der Waals surface area (Å²) in [5.41, 5.74) is 5.54. The summed E-state index contributed by atoms with van der Waals surface area (Å²) in [7, 11) is 1.58. The molecule has 0 atom stereocenters. The van der Waals surface area contributed by atoms with Crippen LogP contribution in [0.15, 0.2) is 78.9 Å². The molecule has 2 fully saturated rings. The van der Waals surface area contributed by atoms with Crippen molar-refractivity contribution >= 4 is 33.9 Å². The van der Waals surface area contributed by atoms with Crippen LogP contribution >= 0.6 is 0 Å². The van der Waals surface area contributed by atoms with Crippen molar-refractivity contribution in [2.45, 2.75) is 18.3 Å². The van der Waals surface area contributed by atoms with Crippen LogP contribution in [-0.2, 0) is 10.2 Å². The number of carbonyl (C=O) groups excluding carboxylic acids is 1. The van der Waals surface area contributed by atoms with Gasteiger partial charge in [0, 0.05) is 29.6 Å². The molecule has 1 aliphatic heterocycles. The summed E-state index contributed by atoms with van der Waals surface area (Å²) in [5.74, 6) is 0.573. The van der Waals surface area contributed by atoms with Crippen molar-refractivity contribution in [3.63, 3.8) is 0 Å². The minimum atomic E-state index is -0.355. The summed E-state index contributed by atoms with van der Waals surface area (Å²) in [4.78, 5) is 15.5. The predicted molar refractivity (Wildman–Crippen MR) is 156 cm³/mol. The number of carbonyl (C=O) groups is 1. The number of anilines is 3. The lowest BCUT2D eigenvalue weighted by molar-refractivity contribution is 0.122. The number of amides is 2. The van der Waals surface area contributed by atoms with Gasteiger partial charge in [-0.25, -0.2) is 4.79 Å². The van der Waals surface area contributed by atoms with E-state index in [0.29, 0.717) is 11.4 Å². The maximum atomic E-state index is 13.1. The highest BCUT2D eigenvalue weighted by Crippen LogP contribution is 2.49. The van der Waals surface area contributed by atoms with Gasteiger partial charge >= 0.3 is 6.03 Å². The van der Waals surface area contributed by atoms with Gasteiger partial charge in [0.1, 0.15) is 5.75 Å². The van der Waals surface area contributed by atoms with E-state index in [2.05, 4.69) is 51.9 Å². The van der Waals surface area contributed by atoms with E-state index in [1.807, 2.05) is 42.5 Å². The Balaban J connectivity index is 1.24. The number of morpholine rings is 1. The Morgan fingerprint density at radius 2 is 1.64 bits per heavy atom. The smallest absolute Gasteiger partial charge is 0.323 e. The van der Waals surface area contributed by atoms with Gasteiger partial charge in [0.25, 0.3) is 0 Å². The number of hydrogen-bond acceptors (Lipinski definition) is 5. The molecule has 39 heavy (non-hydrogen) atoms. The second-order valence-corrected chi connectivity index (χ2v) is 10.3. The summed E-state index contributed by atoms with van der Waals surface area (Å²) in [6, 6.07) is 26.1. The topological polar surface area (TPSA) is 83.1 Å². The minimum absolute atomic E-state index is 0.0965. The predicted octanol–water partition coefficient (Wildman–Crippen LogP) is 6.02. The average Bonchev–Trinajstić information content (AvgIpc) is 3.79. The second-order valence-electron chi connectivity index (χ2n) is 10.3. The molecule has 0 bridgehead atoms. The van der Waals surface area contributed by atoms with Crippen molar-refractivity contribution in [2.24, 2.45) is 0 Å². The van der Waals surface area contributed by atoms with Crippen LogP contribution < -0.4 is 20.3 Å². The molecule has 1 saturated carbocycles. The second kappa shape index (κ2) is 10.6. The summed E-state index contributed by atoms with van der Waals surface area (Å²) >= 11 is 0. The van der Waals surface area contributed by atoms with E-state index in [1.165, 1.54) is 5.69 Å². The van der Waals surface area contributed by atoms with E-state index in [-0.39, 0.29) is 18.1 Å². The van der Waals surface area contributed by atoms with E-state index in [0.717, 1.165) is 72.3 Å². The van der Waals surface area contributed by atoms with Crippen LogP contribution in [0.2, 0.25) is 0 Å². The molecule has 2 aliphatic rings. The molecule has 0 aromatic heterocycles. The van der Waals surface area contributed by atoms with Gasteiger partial charge in [0.15, 0.2) is 0 Å². The Bertz CT molecular complexity index is 1490. The van der Waals surface area contributed by atoms with Crippen LogP contribution in [0.25, 0.3) is 21.9 Å². The quantitative estimate of drug-likeness (QED) is 0.276. The molecule has 4 aromatic rings. The number of ether oxygens (including phenoxy) is 2. The molecule has 1 aliphatic carbocycles. The normalized spacial score (nSPS) is 16.1. The van der Waals surface area contributed by atoms with Crippen molar-refractivity contribution < 1.29 is 19.4 Å². The zero-order chi connectivity index (χ0) is 26.8. The molecule has 7 heteroatoms. The van der Waals surface area contributed by atoms with Crippen molar-refractivity contribution in [3.05, 3.63) is 84.4 Å². The summed E-state index contributed by atoms with van der Waals surface area (Å²) < 4.78 is 11.0. The third-order valence-corrected chi connectivity index (χ3v) is 7.94. The molecule has 1 saturated heterocycles. The van der Waals surface area contributed by atoms with Crippen molar-refractivity contribution in [2.75, 3.05) is 55.6 Å². The lowest BCUT2D eigenvalue weighted by Gasteiger charge is -2.29. The van der Waals surface area contributed by atoms with Gasteiger partial charge in [-0.05, 0) is 65.3 Å². The van der Waals surface area contributed by atoms with Gasteiger partial charge in [-0.2, -0.15) is 0 Å². The van der Waals surface area contributed by atoms with Crippen molar-refractivity contribution in [3.8, 4) is 16.9 Å². The van der Waals surface area contributed by atoms with Gasteiger partial charge in [0.05, 0.1) is 38.3 Å². The Morgan fingerprint density at radius 3 is 2.33 bits per heavy atom. The van der Waals surface area contributed by atoms with Crippen LogP contribution in [0.3, 0.4) is 0 Å². The Kier molecular flexibility index (Phi) is 6.85. The molecule has 7 nitrogen and oxygen atoms in total. The summed E-state index contributed by atoms with van der Waals surface area (Å²) in [6.07, 6.45) is 1.88. The fourth-order valence-corrected chi connectivity index (χ4v) is 5.43. The van der Waals surface area contributed by atoms with E-state index < -0.39 is 0 Å². The SMILES string of the molecule is COc1ccc(C2(CO)CC2)cc1NC(=O)Nc1ccc(-c2ccc(N3CCOCC3)cc2)c2ccccc12. The number of aliphatic hydroxyl groups excluding tert-OH is 1. The molecule has 4 aromatic carbocycles. The van der Waals surface area contributed by atoms with Crippen LogP contribution in [0.5, 0.6) is 5.75 Å². The Hall–Kier alpha value is -4.07. The molecular weight excluding hydrogens is 490 g/mol. The highest BCUT2D eigenvalue weighted by Gasteiger charge is 2.44. The van der Waals surface area contributed by atoms with E-state index in [1.54, 1.807) is 7.11 Å². The first-order chi connectivity index (χ1) is 19.1. The number of aliphatic hydroxyl groups is 1. The van der Waals surface area contributed by atoms with Gasteiger partial charge in [-0.15, -0.1) is 0 Å². The number of urea groups is 1. The van der Waals surface area contributed by atoms with Crippen LogP contribution in [0.1, 0.15) is 18.4 Å². The van der Waals surface area contributed by atoms with Crippen LogP contribution in [-0.4, -0.2) is 51.2 Å². The highest BCUT2D eigenvalue weighted by molar-refractivity contribution is 6.10. The maximum absolute atomic E-state index is 13.1. The number of methoxy groups -OCH3 is 1. The monoisotopic (exact) mass is 523 g/mol. The van der Waals surface area contributed by atoms with Crippen LogP contribution in [0, 0.1) is 0 Å². The Labute approximate surface area is 228 Å². The standard InChI is InChI=1S/C32H33N3O4/c1-38-30-13-8-23(32(21-36)14-15-32)20-29(30)34-31(37)33-28-12-11-25(26-4-2-3-5-27(26)28)22-6-9-24(10-7-22)35-16-18-39-19-17-35/h2-13,20,36H,14-19,21H2,1H3,(H2,33,34,37). The molecule has 0 spiro atoms. The van der Waals surface area contributed by atoms with Gasteiger partial charge in [-0.3, -0.25) is 0 Å². The summed E-state index contributed by atoms with van der Waals surface area (Å²) in [5, 5.41) is 17.8. The number of hydrogen-bond donors (Lipinski definition) is 3. The number of fused-ring (bicyclic) bond motifs is 1. The number of nitrogens with zero attached hydrogens (tertiary/aromatic N) is 1. The zero-order valence-corrected chi connectivity index (χ0v) is 22.1. The van der Waals surface area contributed by atoms with Gasteiger partial charge in [0.2, 0.25) is 0 Å². The first kappa shape index (κ1) is 25.2. The van der Waals surface area contributed by atoms with E-state index >= 15 is 0 Å². The first-order valence-corrected chi connectivity index (χ1v) is 13.4. The summed E-state index contributed by atoms with van der Waals surface area (Å²) in [6.45, 7) is 3.43. The minimum Gasteiger partial charge on any atom is -0.495 e. The fourth-order valence-electron chi connectivity index (χ4n) is 5.43. The number of nitrogens with one attached hydrogen (secondary N) is 2. The molecule has 3 N–H and O–H groups in total. The molecule has 1 heterocycles.